The van der Waals surface area contributed by atoms with Crippen LogP contribution in [0.1, 0.15) is 72.9 Å². The number of aromatic amines is 1. The molecule has 6 heteroatoms. The number of ether oxygens (including phenoxy) is 2. The zero-order chi connectivity index (χ0) is 23.4. The fourth-order valence-electron chi connectivity index (χ4n) is 5.05. The molecular weight excluding hydrogens is 416 g/mol. The number of methoxy groups -OCH3 is 2. The van der Waals surface area contributed by atoms with E-state index in [1.807, 2.05) is 30.5 Å². The number of fused-ring (bicyclic) bond motifs is 1. The number of hydrogen-bond acceptors (Lipinski definition) is 4. The summed E-state index contributed by atoms with van der Waals surface area (Å²) in [5, 5.41) is 4.16. The van der Waals surface area contributed by atoms with Crippen molar-refractivity contribution in [1.29, 1.82) is 0 Å². The minimum Gasteiger partial charge on any atom is -0.496 e. The molecule has 1 fully saturated rings. The number of anilines is 1. The summed E-state index contributed by atoms with van der Waals surface area (Å²) in [6.07, 6.45) is 8.25. The Labute approximate surface area is 194 Å². The third-order valence-corrected chi connectivity index (χ3v) is 6.76. The van der Waals surface area contributed by atoms with E-state index in [0.717, 1.165) is 47.0 Å². The predicted octanol–water partition coefficient (Wildman–Crippen LogP) is 6.02. The molecule has 0 spiro atoms. The van der Waals surface area contributed by atoms with Crippen LogP contribution in [0.2, 0.25) is 0 Å². The van der Waals surface area contributed by atoms with Crippen molar-refractivity contribution in [3.63, 3.8) is 0 Å². The predicted molar refractivity (Wildman–Crippen MR) is 130 cm³/mol. The van der Waals surface area contributed by atoms with Gasteiger partial charge in [-0.15, -0.1) is 0 Å². The molecule has 1 aromatic heterocycles. The van der Waals surface area contributed by atoms with Gasteiger partial charge in [0.25, 0.3) is 0 Å². The molecule has 0 aliphatic heterocycles. The van der Waals surface area contributed by atoms with Crippen molar-refractivity contribution >= 4 is 28.5 Å². The van der Waals surface area contributed by atoms with Gasteiger partial charge in [-0.1, -0.05) is 25.8 Å². The van der Waals surface area contributed by atoms with E-state index in [-0.39, 0.29) is 11.8 Å². The fraction of sp³-hybridized carbons (Fsp3) is 0.407. The lowest BCUT2D eigenvalue weighted by Crippen LogP contribution is -2.15. The summed E-state index contributed by atoms with van der Waals surface area (Å²) < 4.78 is 10.5. The number of amides is 1. The number of esters is 1. The van der Waals surface area contributed by atoms with Crippen LogP contribution in [-0.4, -0.2) is 31.1 Å². The highest BCUT2D eigenvalue weighted by Gasteiger charge is 2.22. The first kappa shape index (κ1) is 22.9. The lowest BCUT2D eigenvalue weighted by Gasteiger charge is -2.19. The summed E-state index contributed by atoms with van der Waals surface area (Å²) in [6, 6.07) is 11.4. The maximum Gasteiger partial charge on any atom is 0.337 e. The number of carbonyl (C=O) groups is 2. The molecule has 1 aliphatic rings. The molecule has 1 saturated carbocycles. The van der Waals surface area contributed by atoms with E-state index < -0.39 is 5.97 Å². The Bertz CT molecular complexity index is 1140. The Morgan fingerprint density at radius 2 is 1.88 bits per heavy atom. The first-order valence-electron chi connectivity index (χ1n) is 11.7. The second kappa shape index (κ2) is 10.1. The van der Waals surface area contributed by atoms with Crippen molar-refractivity contribution in [1.82, 2.24) is 4.98 Å². The molecule has 1 amide bonds. The number of carbonyl (C=O) groups excluding carboxylic acids is 2. The number of benzene rings is 2. The van der Waals surface area contributed by atoms with E-state index in [0.29, 0.717) is 23.7 Å². The molecule has 4 rings (SSSR count). The minimum absolute atomic E-state index is 0.0600. The quantitative estimate of drug-likeness (QED) is 0.413. The van der Waals surface area contributed by atoms with Crippen molar-refractivity contribution in [3.8, 4) is 5.75 Å². The van der Waals surface area contributed by atoms with Crippen molar-refractivity contribution < 1.29 is 19.1 Å². The van der Waals surface area contributed by atoms with Gasteiger partial charge in [-0.25, -0.2) is 4.79 Å². The van der Waals surface area contributed by atoms with Gasteiger partial charge in [-0.3, -0.25) is 4.79 Å². The number of rotatable bonds is 8. The molecule has 0 bridgehead atoms. The monoisotopic (exact) mass is 448 g/mol. The largest absolute Gasteiger partial charge is 0.496 e. The molecule has 1 aliphatic carbocycles. The summed E-state index contributed by atoms with van der Waals surface area (Å²) in [5.74, 6) is 0.926. The second-order valence-electron chi connectivity index (χ2n) is 8.82. The van der Waals surface area contributed by atoms with Crippen LogP contribution in [0, 0.1) is 5.92 Å². The van der Waals surface area contributed by atoms with Crippen LogP contribution in [0.15, 0.2) is 42.6 Å². The molecule has 2 N–H and O–H groups in total. The zero-order valence-electron chi connectivity index (χ0n) is 19.6. The molecule has 1 atom stereocenters. The van der Waals surface area contributed by atoms with Crippen LogP contribution in [-0.2, 0) is 9.53 Å². The summed E-state index contributed by atoms with van der Waals surface area (Å²) in [4.78, 5) is 27.9. The van der Waals surface area contributed by atoms with Gasteiger partial charge in [0.15, 0.2) is 0 Å². The third kappa shape index (κ3) is 4.90. The number of H-pyrrole nitrogens is 1. The van der Waals surface area contributed by atoms with Gasteiger partial charge in [-0.05, 0) is 61.1 Å². The van der Waals surface area contributed by atoms with Crippen molar-refractivity contribution in [2.75, 3.05) is 19.5 Å². The highest BCUT2D eigenvalue weighted by molar-refractivity contribution is 5.95. The van der Waals surface area contributed by atoms with Gasteiger partial charge < -0.3 is 19.8 Å². The van der Waals surface area contributed by atoms with Crippen LogP contribution < -0.4 is 10.1 Å². The van der Waals surface area contributed by atoms with E-state index in [9.17, 15) is 9.59 Å². The van der Waals surface area contributed by atoms with Gasteiger partial charge in [0, 0.05) is 40.7 Å². The smallest absolute Gasteiger partial charge is 0.337 e. The lowest BCUT2D eigenvalue weighted by molar-refractivity contribution is -0.117. The number of hydrogen-bond donors (Lipinski definition) is 2. The Morgan fingerprint density at radius 3 is 2.58 bits per heavy atom. The van der Waals surface area contributed by atoms with E-state index in [1.54, 1.807) is 19.2 Å². The summed E-state index contributed by atoms with van der Waals surface area (Å²) >= 11 is 0. The molecule has 0 radical (unpaired) electrons. The highest BCUT2D eigenvalue weighted by atomic mass is 16.5. The van der Waals surface area contributed by atoms with E-state index >= 15 is 0 Å². The van der Waals surface area contributed by atoms with Crippen LogP contribution in [0.4, 0.5) is 5.69 Å². The average Bonchev–Trinajstić information content (AvgIpc) is 3.49. The Balaban J connectivity index is 1.63. The molecule has 1 unspecified atom stereocenters. The molecule has 174 valence electrons. The first-order chi connectivity index (χ1) is 16.0. The zero-order valence-corrected chi connectivity index (χ0v) is 19.6. The topological polar surface area (TPSA) is 80.4 Å². The van der Waals surface area contributed by atoms with Crippen LogP contribution in [0.3, 0.4) is 0 Å². The Morgan fingerprint density at radius 1 is 1.09 bits per heavy atom. The SMILES string of the molecule is CCC(c1ccc(C(=O)OC)cc1OC)c1c[nH]c2ccc(NC(=O)CC3CCCC3)cc12. The fourth-order valence-corrected chi connectivity index (χ4v) is 5.05. The van der Waals surface area contributed by atoms with Crippen LogP contribution >= 0.6 is 0 Å². The van der Waals surface area contributed by atoms with Crippen LogP contribution in [0.25, 0.3) is 10.9 Å². The molecule has 3 aromatic rings. The number of aromatic nitrogens is 1. The second-order valence-corrected chi connectivity index (χ2v) is 8.82. The average molecular weight is 449 g/mol. The summed E-state index contributed by atoms with van der Waals surface area (Å²) in [7, 11) is 2.98. The Hall–Kier alpha value is -3.28. The van der Waals surface area contributed by atoms with E-state index in [4.69, 9.17) is 9.47 Å². The highest BCUT2D eigenvalue weighted by Crippen LogP contribution is 2.39. The number of nitrogens with one attached hydrogen (secondary N) is 2. The third-order valence-electron chi connectivity index (χ3n) is 6.76. The maximum absolute atomic E-state index is 12.6. The normalized spacial score (nSPS) is 14.9. The standard InChI is InChI=1S/C27H32N2O4/c1-4-20(21-11-9-18(27(31)33-3)14-25(21)32-2)23-16-28-24-12-10-19(15-22(23)24)29-26(30)13-17-7-5-6-8-17/h9-12,14-17,20,28H,4-8,13H2,1-3H3,(H,29,30). The Kier molecular flexibility index (Phi) is 7.02. The maximum atomic E-state index is 12.6. The van der Waals surface area contributed by atoms with Crippen molar-refractivity contribution in [3.05, 3.63) is 59.3 Å². The molecule has 33 heavy (non-hydrogen) atoms. The summed E-state index contributed by atoms with van der Waals surface area (Å²) in [5.41, 5.74) is 4.42. The molecule has 6 nitrogen and oxygen atoms in total. The summed E-state index contributed by atoms with van der Waals surface area (Å²) in [6.45, 7) is 2.13. The molecular formula is C27H32N2O4. The first-order valence-corrected chi connectivity index (χ1v) is 11.7. The van der Waals surface area contributed by atoms with Gasteiger partial charge in [-0.2, -0.15) is 0 Å². The van der Waals surface area contributed by atoms with E-state index in [2.05, 4.69) is 17.2 Å². The van der Waals surface area contributed by atoms with Gasteiger partial charge in [0.1, 0.15) is 5.75 Å². The van der Waals surface area contributed by atoms with Crippen LogP contribution in [0.5, 0.6) is 5.75 Å². The van der Waals surface area contributed by atoms with Crippen molar-refractivity contribution in [2.24, 2.45) is 5.92 Å². The molecule has 0 saturated heterocycles. The van der Waals surface area contributed by atoms with E-state index in [1.165, 1.54) is 20.0 Å². The van der Waals surface area contributed by atoms with Gasteiger partial charge >= 0.3 is 5.97 Å². The molecule has 2 aromatic carbocycles. The van der Waals surface area contributed by atoms with Gasteiger partial charge in [0.05, 0.1) is 19.8 Å². The molecule has 1 heterocycles. The lowest BCUT2D eigenvalue weighted by atomic mass is 9.87. The minimum atomic E-state index is -0.391. The van der Waals surface area contributed by atoms with Crippen molar-refractivity contribution in [2.45, 2.75) is 51.4 Å². The van der Waals surface area contributed by atoms with Gasteiger partial charge in [0.2, 0.25) is 5.91 Å².